The second-order valence-corrected chi connectivity index (χ2v) is 6.18. The van der Waals surface area contributed by atoms with Crippen LogP contribution < -0.4 is 5.32 Å². The second-order valence-electron chi connectivity index (χ2n) is 6.18. The van der Waals surface area contributed by atoms with Gasteiger partial charge in [0.2, 0.25) is 0 Å². The van der Waals surface area contributed by atoms with E-state index in [0.29, 0.717) is 18.5 Å². The van der Waals surface area contributed by atoms with Crippen molar-refractivity contribution < 1.29 is 9.90 Å². The van der Waals surface area contributed by atoms with Crippen molar-refractivity contribution in [2.24, 2.45) is 5.92 Å². The number of hydrogen-bond acceptors (Lipinski definition) is 3. The molecule has 1 saturated carbocycles. The number of imidazole rings is 1. The summed E-state index contributed by atoms with van der Waals surface area (Å²) in [4.78, 5) is 19.8. The molecule has 1 amide bonds. The van der Waals surface area contributed by atoms with Gasteiger partial charge in [-0.3, -0.25) is 4.79 Å². The van der Waals surface area contributed by atoms with E-state index in [1.807, 2.05) is 36.5 Å². The molecule has 3 N–H and O–H groups in total. The first kappa shape index (κ1) is 15.7. The number of benzene rings is 1. The molecule has 0 spiro atoms. The predicted octanol–water partition coefficient (Wildman–Crippen LogP) is 2.15. The Kier molecular flexibility index (Phi) is 4.76. The molecule has 5 heteroatoms. The maximum absolute atomic E-state index is 12.8. The standard InChI is InChI=1S/C18H23N3O2/c22-17(20-11-10-16-12-19-13-21-16)18(23,15-8-4-5-9-15)14-6-2-1-3-7-14/h1-3,6-7,12-13,15,23H,4-5,8-11H2,(H,19,21)(H,20,22). The van der Waals surface area contributed by atoms with Gasteiger partial charge in [0.15, 0.2) is 5.60 Å². The van der Waals surface area contributed by atoms with E-state index in [0.717, 1.165) is 31.4 Å². The third-order valence-electron chi connectivity index (χ3n) is 4.73. The molecule has 1 atom stereocenters. The molecule has 1 aliphatic rings. The van der Waals surface area contributed by atoms with Crippen molar-refractivity contribution in [2.45, 2.75) is 37.7 Å². The fourth-order valence-corrected chi connectivity index (χ4v) is 3.45. The molecule has 122 valence electrons. The number of H-pyrrole nitrogens is 1. The zero-order chi connectivity index (χ0) is 16.1. The topological polar surface area (TPSA) is 78.0 Å². The van der Waals surface area contributed by atoms with E-state index >= 15 is 0 Å². The molecule has 1 fully saturated rings. The molecule has 1 unspecified atom stereocenters. The van der Waals surface area contributed by atoms with Gasteiger partial charge in [0.1, 0.15) is 0 Å². The van der Waals surface area contributed by atoms with Gasteiger partial charge < -0.3 is 15.4 Å². The molecule has 1 heterocycles. The molecule has 1 aliphatic carbocycles. The number of aromatic amines is 1. The van der Waals surface area contributed by atoms with Crippen LogP contribution in [0.5, 0.6) is 0 Å². The molecule has 2 aromatic rings. The molecule has 1 aromatic heterocycles. The minimum Gasteiger partial charge on any atom is -0.375 e. The van der Waals surface area contributed by atoms with Crippen LogP contribution in [-0.2, 0) is 16.8 Å². The normalized spacial score (nSPS) is 17.8. The van der Waals surface area contributed by atoms with E-state index in [2.05, 4.69) is 15.3 Å². The fraction of sp³-hybridized carbons (Fsp3) is 0.444. The number of carbonyl (C=O) groups excluding carboxylic acids is 1. The Morgan fingerprint density at radius 2 is 2.04 bits per heavy atom. The number of carbonyl (C=O) groups is 1. The van der Waals surface area contributed by atoms with E-state index in [1.165, 1.54) is 0 Å². The first-order chi connectivity index (χ1) is 11.2. The van der Waals surface area contributed by atoms with Crippen LogP contribution in [-0.4, -0.2) is 27.5 Å². The first-order valence-electron chi connectivity index (χ1n) is 8.25. The van der Waals surface area contributed by atoms with Crippen LogP contribution in [0.1, 0.15) is 36.9 Å². The summed E-state index contributed by atoms with van der Waals surface area (Å²) in [6.07, 6.45) is 7.99. The first-order valence-corrected chi connectivity index (χ1v) is 8.25. The van der Waals surface area contributed by atoms with Crippen LogP contribution in [0.3, 0.4) is 0 Å². The van der Waals surface area contributed by atoms with Crippen molar-refractivity contribution in [3.63, 3.8) is 0 Å². The van der Waals surface area contributed by atoms with Crippen LogP contribution in [0.2, 0.25) is 0 Å². The van der Waals surface area contributed by atoms with Gasteiger partial charge in [0.25, 0.3) is 5.91 Å². The van der Waals surface area contributed by atoms with Crippen LogP contribution in [0.15, 0.2) is 42.9 Å². The molecule has 3 rings (SSSR count). The third-order valence-corrected chi connectivity index (χ3v) is 4.73. The number of rotatable bonds is 6. The van der Waals surface area contributed by atoms with E-state index in [1.54, 1.807) is 6.33 Å². The highest BCUT2D eigenvalue weighted by Gasteiger charge is 2.46. The van der Waals surface area contributed by atoms with Crippen molar-refractivity contribution in [3.05, 3.63) is 54.1 Å². The summed E-state index contributed by atoms with van der Waals surface area (Å²) in [5.74, 6) is -0.318. The van der Waals surface area contributed by atoms with E-state index < -0.39 is 5.60 Å². The number of aliphatic hydroxyl groups is 1. The Hall–Kier alpha value is -2.14. The van der Waals surface area contributed by atoms with Crippen LogP contribution in [0.4, 0.5) is 0 Å². The van der Waals surface area contributed by atoms with Crippen molar-refractivity contribution in [2.75, 3.05) is 6.54 Å². The lowest BCUT2D eigenvalue weighted by atomic mass is 9.79. The van der Waals surface area contributed by atoms with Gasteiger partial charge in [-0.15, -0.1) is 0 Å². The van der Waals surface area contributed by atoms with Crippen molar-refractivity contribution in [1.29, 1.82) is 0 Å². The molecule has 1 aromatic carbocycles. The van der Waals surface area contributed by atoms with Gasteiger partial charge in [-0.25, -0.2) is 4.98 Å². The molecule has 0 aliphatic heterocycles. The predicted molar refractivity (Wildman–Crippen MR) is 87.6 cm³/mol. The van der Waals surface area contributed by atoms with E-state index in [4.69, 9.17) is 0 Å². The number of nitrogens with zero attached hydrogens (tertiary/aromatic N) is 1. The maximum Gasteiger partial charge on any atom is 0.256 e. The molecular weight excluding hydrogens is 290 g/mol. The van der Waals surface area contributed by atoms with Crippen molar-refractivity contribution in [1.82, 2.24) is 15.3 Å². The van der Waals surface area contributed by atoms with Gasteiger partial charge in [-0.2, -0.15) is 0 Å². The maximum atomic E-state index is 12.8. The van der Waals surface area contributed by atoms with Gasteiger partial charge in [0, 0.05) is 25.1 Å². The Morgan fingerprint density at radius 3 is 2.70 bits per heavy atom. The van der Waals surface area contributed by atoms with Crippen LogP contribution >= 0.6 is 0 Å². The van der Waals surface area contributed by atoms with Crippen LogP contribution in [0, 0.1) is 5.92 Å². The highest BCUT2D eigenvalue weighted by Crippen LogP contribution is 2.40. The van der Waals surface area contributed by atoms with Crippen LogP contribution in [0.25, 0.3) is 0 Å². The zero-order valence-corrected chi connectivity index (χ0v) is 13.2. The minimum absolute atomic E-state index is 0.0183. The molecule has 5 nitrogen and oxygen atoms in total. The van der Waals surface area contributed by atoms with Gasteiger partial charge in [-0.1, -0.05) is 43.2 Å². The summed E-state index contributed by atoms with van der Waals surface area (Å²) in [5, 5.41) is 14.2. The summed E-state index contributed by atoms with van der Waals surface area (Å²) < 4.78 is 0. The SMILES string of the molecule is O=C(NCCc1c[nH]cn1)C(O)(c1ccccc1)C1CCCC1. The average Bonchev–Trinajstić information content (AvgIpc) is 3.28. The van der Waals surface area contributed by atoms with Gasteiger partial charge in [-0.05, 0) is 18.4 Å². The third kappa shape index (κ3) is 3.29. The monoisotopic (exact) mass is 313 g/mol. The zero-order valence-electron chi connectivity index (χ0n) is 13.2. The quantitative estimate of drug-likeness (QED) is 0.764. The minimum atomic E-state index is -1.44. The lowest BCUT2D eigenvalue weighted by Crippen LogP contribution is -2.49. The summed E-state index contributed by atoms with van der Waals surface area (Å²) in [6.45, 7) is 0.464. The average molecular weight is 313 g/mol. The fourth-order valence-electron chi connectivity index (χ4n) is 3.45. The Balaban J connectivity index is 1.73. The van der Waals surface area contributed by atoms with E-state index in [9.17, 15) is 9.90 Å². The summed E-state index contributed by atoms with van der Waals surface area (Å²) in [6, 6.07) is 9.31. The summed E-state index contributed by atoms with van der Waals surface area (Å²) in [5.41, 5.74) is 0.141. The molecular formula is C18H23N3O2. The summed E-state index contributed by atoms with van der Waals surface area (Å²) in [7, 11) is 0. The smallest absolute Gasteiger partial charge is 0.256 e. The number of nitrogens with one attached hydrogen (secondary N) is 2. The Morgan fingerprint density at radius 1 is 1.30 bits per heavy atom. The molecule has 0 bridgehead atoms. The number of hydrogen-bond donors (Lipinski definition) is 3. The molecule has 23 heavy (non-hydrogen) atoms. The summed E-state index contributed by atoms with van der Waals surface area (Å²) >= 11 is 0. The lowest BCUT2D eigenvalue weighted by Gasteiger charge is -2.33. The van der Waals surface area contributed by atoms with Crippen molar-refractivity contribution >= 4 is 5.91 Å². The Bertz CT molecular complexity index is 621. The van der Waals surface area contributed by atoms with Gasteiger partial charge >= 0.3 is 0 Å². The van der Waals surface area contributed by atoms with Crippen molar-refractivity contribution in [3.8, 4) is 0 Å². The largest absolute Gasteiger partial charge is 0.375 e. The highest BCUT2D eigenvalue weighted by molar-refractivity contribution is 5.86. The Labute approximate surface area is 136 Å². The highest BCUT2D eigenvalue weighted by atomic mass is 16.3. The van der Waals surface area contributed by atoms with E-state index in [-0.39, 0.29) is 11.8 Å². The van der Waals surface area contributed by atoms with Gasteiger partial charge in [0.05, 0.1) is 12.0 Å². The second kappa shape index (κ2) is 6.96. The molecule has 0 saturated heterocycles. The number of amides is 1. The number of aromatic nitrogens is 2. The lowest BCUT2D eigenvalue weighted by molar-refractivity contribution is -0.147. The molecule has 0 radical (unpaired) electrons.